The van der Waals surface area contributed by atoms with E-state index in [4.69, 9.17) is 0 Å². The van der Waals surface area contributed by atoms with E-state index in [1.54, 1.807) is 10.9 Å². The van der Waals surface area contributed by atoms with Gasteiger partial charge in [0.05, 0.1) is 11.3 Å². The molecule has 3 nitrogen and oxygen atoms in total. The first-order valence-electron chi connectivity index (χ1n) is 4.07. The van der Waals surface area contributed by atoms with Crippen molar-refractivity contribution in [3.63, 3.8) is 0 Å². The van der Waals surface area contributed by atoms with E-state index in [1.165, 1.54) is 0 Å². The Balaban J connectivity index is 3.02. The van der Waals surface area contributed by atoms with Gasteiger partial charge in [-0.3, -0.25) is 9.48 Å². The summed E-state index contributed by atoms with van der Waals surface area (Å²) in [5, 5.41) is 4.11. The summed E-state index contributed by atoms with van der Waals surface area (Å²) in [6.45, 7) is 5.65. The summed E-state index contributed by atoms with van der Waals surface area (Å²) in [7, 11) is 1.82. The van der Waals surface area contributed by atoms with E-state index < -0.39 is 0 Å². The number of hydrogen-bond acceptors (Lipinski definition) is 2. The summed E-state index contributed by atoms with van der Waals surface area (Å²) >= 11 is 0. The topological polar surface area (TPSA) is 34.9 Å². The molecule has 0 saturated carbocycles. The Bertz CT molecular complexity index is 299. The molecule has 0 bridgehead atoms. The van der Waals surface area contributed by atoms with Crippen LogP contribution < -0.4 is 0 Å². The molecule has 0 unspecified atom stereocenters. The zero-order valence-corrected chi connectivity index (χ0v) is 7.96. The fraction of sp³-hybridized carbons (Fsp3) is 0.556. The Morgan fingerprint density at radius 2 is 2.17 bits per heavy atom. The maximum atomic E-state index is 11.5. The average Bonchev–Trinajstić information content (AvgIpc) is 2.28. The van der Waals surface area contributed by atoms with Gasteiger partial charge in [-0.15, -0.1) is 0 Å². The molecule has 12 heavy (non-hydrogen) atoms. The van der Waals surface area contributed by atoms with Crippen LogP contribution in [0.4, 0.5) is 0 Å². The highest BCUT2D eigenvalue weighted by molar-refractivity contribution is 5.98. The van der Waals surface area contributed by atoms with Gasteiger partial charge in [0.25, 0.3) is 0 Å². The van der Waals surface area contributed by atoms with Gasteiger partial charge in [0.2, 0.25) is 0 Å². The van der Waals surface area contributed by atoms with Crippen LogP contribution in [-0.2, 0) is 7.05 Å². The molecule has 0 fully saturated rings. The summed E-state index contributed by atoms with van der Waals surface area (Å²) in [5.41, 5.74) is 1.56. The molecule has 0 amide bonds. The molecule has 0 N–H and O–H groups in total. The first-order valence-corrected chi connectivity index (χ1v) is 4.07. The van der Waals surface area contributed by atoms with Crippen LogP contribution in [-0.4, -0.2) is 15.6 Å². The van der Waals surface area contributed by atoms with Crippen LogP contribution in [0.15, 0.2) is 6.20 Å². The molecule has 1 rings (SSSR count). The number of hydrogen-bond donors (Lipinski definition) is 0. The molecule has 1 aromatic rings. The maximum absolute atomic E-state index is 11.5. The third-order valence-corrected chi connectivity index (χ3v) is 1.80. The highest BCUT2D eigenvalue weighted by atomic mass is 16.1. The number of rotatable bonds is 2. The fourth-order valence-electron chi connectivity index (χ4n) is 1.15. The van der Waals surface area contributed by atoms with Gasteiger partial charge in [-0.05, 0) is 6.92 Å². The largest absolute Gasteiger partial charge is 0.294 e. The third kappa shape index (κ3) is 1.55. The number of carbonyl (C=O) groups is 1. The van der Waals surface area contributed by atoms with Crippen molar-refractivity contribution in [1.82, 2.24) is 9.78 Å². The molecular formula is C9H14N2O. The summed E-state index contributed by atoms with van der Waals surface area (Å²) in [5.74, 6) is 0.216. The van der Waals surface area contributed by atoms with Crippen LogP contribution in [0.5, 0.6) is 0 Å². The SMILES string of the molecule is Cc1nn(C)cc1C(=O)C(C)C. The molecule has 66 valence electrons. The lowest BCUT2D eigenvalue weighted by molar-refractivity contribution is 0.0938. The number of nitrogens with zero attached hydrogens (tertiary/aromatic N) is 2. The molecule has 0 aliphatic heterocycles. The van der Waals surface area contributed by atoms with Crippen LogP contribution in [0.1, 0.15) is 29.9 Å². The number of Topliss-reactive ketones (excluding diaryl/α,β-unsaturated/α-hetero) is 1. The average molecular weight is 166 g/mol. The molecule has 0 saturated heterocycles. The van der Waals surface area contributed by atoms with Gasteiger partial charge in [-0.25, -0.2) is 0 Å². The first-order chi connectivity index (χ1) is 5.52. The smallest absolute Gasteiger partial charge is 0.168 e. The van der Waals surface area contributed by atoms with Crippen molar-refractivity contribution in [3.8, 4) is 0 Å². The number of ketones is 1. The molecule has 0 aromatic carbocycles. The Morgan fingerprint density at radius 3 is 2.50 bits per heavy atom. The van der Waals surface area contributed by atoms with Crippen LogP contribution in [0, 0.1) is 12.8 Å². The second kappa shape index (κ2) is 3.09. The summed E-state index contributed by atoms with van der Waals surface area (Å²) in [6, 6.07) is 0. The predicted molar refractivity (Wildman–Crippen MR) is 47.1 cm³/mol. The van der Waals surface area contributed by atoms with Crippen molar-refractivity contribution in [2.75, 3.05) is 0 Å². The van der Waals surface area contributed by atoms with Crippen molar-refractivity contribution in [3.05, 3.63) is 17.5 Å². The van der Waals surface area contributed by atoms with E-state index in [2.05, 4.69) is 5.10 Å². The van der Waals surface area contributed by atoms with Crippen LogP contribution in [0.3, 0.4) is 0 Å². The minimum Gasteiger partial charge on any atom is -0.294 e. The van der Waals surface area contributed by atoms with E-state index in [-0.39, 0.29) is 11.7 Å². The van der Waals surface area contributed by atoms with Crippen molar-refractivity contribution in [2.45, 2.75) is 20.8 Å². The summed E-state index contributed by atoms with van der Waals surface area (Å²) in [4.78, 5) is 11.5. The second-order valence-electron chi connectivity index (χ2n) is 3.32. The van der Waals surface area contributed by atoms with Gasteiger partial charge in [-0.1, -0.05) is 13.8 Å². The van der Waals surface area contributed by atoms with Crippen molar-refractivity contribution < 1.29 is 4.79 Å². The zero-order valence-electron chi connectivity index (χ0n) is 7.96. The molecule has 1 aromatic heterocycles. The quantitative estimate of drug-likeness (QED) is 0.625. The Hall–Kier alpha value is -1.12. The van der Waals surface area contributed by atoms with E-state index in [0.717, 1.165) is 11.3 Å². The minimum absolute atomic E-state index is 0.0490. The molecule has 0 aliphatic rings. The Kier molecular flexibility index (Phi) is 2.31. The third-order valence-electron chi connectivity index (χ3n) is 1.80. The van der Waals surface area contributed by atoms with Crippen molar-refractivity contribution in [2.24, 2.45) is 13.0 Å². The molecular weight excluding hydrogens is 152 g/mol. The predicted octanol–water partition coefficient (Wildman–Crippen LogP) is 1.57. The highest BCUT2D eigenvalue weighted by Gasteiger charge is 2.15. The lowest BCUT2D eigenvalue weighted by Crippen LogP contribution is -2.07. The lowest BCUT2D eigenvalue weighted by atomic mass is 10.0. The maximum Gasteiger partial charge on any atom is 0.168 e. The van der Waals surface area contributed by atoms with Gasteiger partial charge in [0, 0.05) is 19.2 Å². The van der Waals surface area contributed by atoms with E-state index >= 15 is 0 Å². The van der Waals surface area contributed by atoms with Crippen LogP contribution >= 0.6 is 0 Å². The minimum atomic E-state index is 0.0490. The highest BCUT2D eigenvalue weighted by Crippen LogP contribution is 2.10. The van der Waals surface area contributed by atoms with Gasteiger partial charge in [-0.2, -0.15) is 5.10 Å². The van der Waals surface area contributed by atoms with Crippen LogP contribution in [0.2, 0.25) is 0 Å². The van der Waals surface area contributed by atoms with E-state index in [9.17, 15) is 4.79 Å². The number of aromatic nitrogens is 2. The zero-order chi connectivity index (χ0) is 9.30. The standard InChI is InChI=1S/C9H14N2O/c1-6(2)9(12)8-5-11(4)10-7(8)3/h5-6H,1-4H3. The second-order valence-corrected chi connectivity index (χ2v) is 3.32. The summed E-state index contributed by atoms with van der Waals surface area (Å²) < 4.78 is 1.67. The molecule has 0 spiro atoms. The van der Waals surface area contributed by atoms with Gasteiger partial charge < -0.3 is 0 Å². The molecule has 0 aliphatic carbocycles. The fourth-order valence-corrected chi connectivity index (χ4v) is 1.15. The van der Waals surface area contributed by atoms with E-state index in [1.807, 2.05) is 27.8 Å². The van der Waals surface area contributed by atoms with Crippen molar-refractivity contribution in [1.29, 1.82) is 0 Å². The van der Waals surface area contributed by atoms with Crippen LogP contribution in [0.25, 0.3) is 0 Å². The Morgan fingerprint density at radius 1 is 1.58 bits per heavy atom. The molecule has 3 heteroatoms. The lowest BCUT2D eigenvalue weighted by Gasteiger charge is -2.00. The normalized spacial score (nSPS) is 10.8. The van der Waals surface area contributed by atoms with Gasteiger partial charge in [0.1, 0.15) is 0 Å². The van der Waals surface area contributed by atoms with Gasteiger partial charge >= 0.3 is 0 Å². The first kappa shape index (κ1) is 8.97. The van der Waals surface area contributed by atoms with Crippen molar-refractivity contribution >= 4 is 5.78 Å². The van der Waals surface area contributed by atoms with Gasteiger partial charge in [0.15, 0.2) is 5.78 Å². The number of carbonyl (C=O) groups excluding carboxylic acids is 1. The monoisotopic (exact) mass is 166 g/mol. The summed E-state index contributed by atoms with van der Waals surface area (Å²) in [6.07, 6.45) is 1.78. The molecule has 0 radical (unpaired) electrons. The number of aryl methyl sites for hydroxylation is 2. The molecule has 0 atom stereocenters. The van der Waals surface area contributed by atoms with E-state index in [0.29, 0.717) is 0 Å². The Labute approximate surface area is 72.4 Å². The molecule has 1 heterocycles.